The molecule has 0 saturated heterocycles. The van der Waals surface area contributed by atoms with E-state index in [2.05, 4.69) is 41.1 Å². The number of hydrogen-bond donors (Lipinski definition) is 1. The van der Waals surface area contributed by atoms with Gasteiger partial charge in [-0.2, -0.15) is 5.26 Å². The van der Waals surface area contributed by atoms with E-state index in [1.54, 1.807) is 6.08 Å². The molecule has 4 nitrogen and oxygen atoms in total. The van der Waals surface area contributed by atoms with Gasteiger partial charge < -0.3 is 9.88 Å². The molecule has 3 rings (SSSR count). The Labute approximate surface area is 172 Å². The van der Waals surface area contributed by atoms with Gasteiger partial charge in [-0.1, -0.05) is 23.8 Å². The summed E-state index contributed by atoms with van der Waals surface area (Å²) in [5.74, 6) is -0.407. The quantitative estimate of drug-likeness (QED) is 0.473. The summed E-state index contributed by atoms with van der Waals surface area (Å²) in [5, 5.41) is 12.4. The Kier molecular flexibility index (Phi) is 5.70. The maximum Gasteiger partial charge on any atom is 0.266 e. The number of anilines is 1. The van der Waals surface area contributed by atoms with Gasteiger partial charge in [-0.3, -0.25) is 4.79 Å². The Morgan fingerprint density at radius 1 is 0.966 bits per heavy atom. The fraction of sp³-hybridized carbons (Fsp3) is 0.200. The second-order valence-electron chi connectivity index (χ2n) is 7.42. The van der Waals surface area contributed by atoms with Crippen molar-refractivity contribution in [3.05, 3.63) is 87.7 Å². The first kappa shape index (κ1) is 20.2. The Bertz CT molecular complexity index is 1140. The van der Waals surface area contributed by atoms with E-state index in [4.69, 9.17) is 0 Å². The molecule has 0 radical (unpaired) electrons. The van der Waals surface area contributed by atoms with E-state index >= 15 is 0 Å². The van der Waals surface area contributed by atoms with Crippen LogP contribution >= 0.6 is 0 Å². The van der Waals surface area contributed by atoms with Crippen LogP contribution in [0.5, 0.6) is 0 Å². The highest BCUT2D eigenvalue weighted by Crippen LogP contribution is 2.23. The number of hydrogen-bond acceptors (Lipinski definition) is 2. The third kappa shape index (κ3) is 4.30. The zero-order chi connectivity index (χ0) is 21.1. The fourth-order valence-corrected chi connectivity index (χ4v) is 3.35. The Morgan fingerprint density at radius 3 is 2.28 bits per heavy atom. The lowest BCUT2D eigenvalue weighted by Crippen LogP contribution is -2.13. The molecule has 4 heteroatoms. The van der Waals surface area contributed by atoms with Crippen LogP contribution in [-0.4, -0.2) is 10.5 Å². The average molecular weight is 383 g/mol. The molecule has 0 aliphatic heterocycles. The second-order valence-corrected chi connectivity index (χ2v) is 7.42. The largest absolute Gasteiger partial charge is 0.321 e. The number of amides is 1. The lowest BCUT2D eigenvalue weighted by atomic mass is 10.1. The second kappa shape index (κ2) is 8.20. The van der Waals surface area contributed by atoms with Crippen molar-refractivity contribution in [1.82, 2.24) is 4.57 Å². The van der Waals surface area contributed by atoms with Crippen molar-refractivity contribution < 1.29 is 4.79 Å². The number of benzene rings is 2. The molecule has 0 unspecified atom stereocenters. The van der Waals surface area contributed by atoms with Crippen LogP contribution in [0.2, 0.25) is 0 Å². The van der Waals surface area contributed by atoms with Crippen LogP contribution in [0.15, 0.2) is 54.1 Å². The molecule has 1 aromatic heterocycles. The van der Waals surface area contributed by atoms with Crippen LogP contribution in [-0.2, 0) is 4.79 Å². The van der Waals surface area contributed by atoms with Crippen molar-refractivity contribution in [3.63, 3.8) is 0 Å². The van der Waals surface area contributed by atoms with Crippen molar-refractivity contribution in [3.8, 4) is 11.8 Å². The molecule has 0 aliphatic rings. The van der Waals surface area contributed by atoms with Gasteiger partial charge in [0.2, 0.25) is 0 Å². The van der Waals surface area contributed by atoms with Crippen molar-refractivity contribution in [2.45, 2.75) is 34.6 Å². The smallest absolute Gasteiger partial charge is 0.266 e. The van der Waals surface area contributed by atoms with Gasteiger partial charge >= 0.3 is 0 Å². The summed E-state index contributed by atoms with van der Waals surface area (Å²) < 4.78 is 2.13. The minimum absolute atomic E-state index is 0.0763. The van der Waals surface area contributed by atoms with Crippen LogP contribution in [0.25, 0.3) is 11.8 Å². The summed E-state index contributed by atoms with van der Waals surface area (Å²) in [7, 11) is 0. The highest BCUT2D eigenvalue weighted by atomic mass is 16.1. The normalized spacial score (nSPS) is 11.2. The minimum atomic E-state index is -0.407. The van der Waals surface area contributed by atoms with Gasteiger partial charge in [0.1, 0.15) is 11.6 Å². The van der Waals surface area contributed by atoms with Crippen LogP contribution < -0.4 is 5.32 Å². The summed E-state index contributed by atoms with van der Waals surface area (Å²) in [6.07, 6.45) is 1.66. The number of aromatic nitrogens is 1. The lowest BCUT2D eigenvalue weighted by Gasteiger charge is -2.10. The monoisotopic (exact) mass is 383 g/mol. The number of nitrogens with one attached hydrogen (secondary N) is 1. The maximum absolute atomic E-state index is 12.6. The highest BCUT2D eigenvalue weighted by molar-refractivity contribution is 6.09. The molecule has 0 fully saturated rings. The molecular formula is C25H25N3O. The van der Waals surface area contributed by atoms with Crippen molar-refractivity contribution in [2.24, 2.45) is 0 Å². The van der Waals surface area contributed by atoms with E-state index in [1.165, 1.54) is 5.56 Å². The lowest BCUT2D eigenvalue weighted by molar-refractivity contribution is -0.112. The van der Waals surface area contributed by atoms with Gasteiger partial charge in [0.15, 0.2) is 0 Å². The van der Waals surface area contributed by atoms with E-state index in [1.807, 2.05) is 58.0 Å². The molecule has 29 heavy (non-hydrogen) atoms. The summed E-state index contributed by atoms with van der Waals surface area (Å²) in [5.41, 5.74) is 8.15. The van der Waals surface area contributed by atoms with E-state index in [9.17, 15) is 10.1 Å². The van der Waals surface area contributed by atoms with Crippen molar-refractivity contribution >= 4 is 17.7 Å². The first-order chi connectivity index (χ1) is 13.8. The van der Waals surface area contributed by atoms with Crippen LogP contribution in [0.1, 0.15) is 33.6 Å². The first-order valence-corrected chi connectivity index (χ1v) is 9.56. The van der Waals surface area contributed by atoms with E-state index in [0.29, 0.717) is 5.69 Å². The highest BCUT2D eigenvalue weighted by Gasteiger charge is 2.14. The Morgan fingerprint density at radius 2 is 1.66 bits per heavy atom. The molecule has 0 saturated carbocycles. The van der Waals surface area contributed by atoms with Gasteiger partial charge in [-0.05, 0) is 87.7 Å². The summed E-state index contributed by atoms with van der Waals surface area (Å²) in [6, 6.07) is 18.0. The van der Waals surface area contributed by atoms with Crippen LogP contribution in [0.3, 0.4) is 0 Å². The summed E-state index contributed by atoms with van der Waals surface area (Å²) >= 11 is 0. The third-order valence-corrected chi connectivity index (χ3v) is 5.19. The molecule has 1 heterocycles. The number of nitrogens with zero attached hydrogens (tertiary/aromatic N) is 2. The van der Waals surface area contributed by atoms with Crippen LogP contribution in [0, 0.1) is 45.9 Å². The molecule has 0 atom stereocenters. The van der Waals surface area contributed by atoms with Gasteiger partial charge in [0.05, 0.1) is 0 Å². The van der Waals surface area contributed by atoms with Gasteiger partial charge in [-0.15, -0.1) is 0 Å². The summed E-state index contributed by atoms with van der Waals surface area (Å²) in [6.45, 7) is 10.1. The number of carbonyl (C=O) groups is 1. The topological polar surface area (TPSA) is 57.8 Å². The maximum atomic E-state index is 12.6. The van der Waals surface area contributed by atoms with Crippen molar-refractivity contribution in [2.75, 3.05) is 5.32 Å². The van der Waals surface area contributed by atoms with E-state index in [0.717, 1.165) is 33.8 Å². The number of rotatable bonds is 4. The zero-order valence-electron chi connectivity index (χ0n) is 17.5. The molecule has 0 spiro atoms. The molecule has 0 bridgehead atoms. The molecule has 1 N–H and O–H groups in total. The SMILES string of the molecule is Cc1ccc(-n2c(C)cc(/C=C(/C#N)C(=O)Nc3ccc(C)c(C)c3)c2C)cc1. The van der Waals surface area contributed by atoms with Crippen LogP contribution in [0.4, 0.5) is 5.69 Å². The number of nitriles is 1. The Balaban J connectivity index is 1.92. The predicted octanol–water partition coefficient (Wildman–Crippen LogP) is 5.57. The molecule has 3 aromatic rings. The molecule has 1 amide bonds. The number of carbonyl (C=O) groups excluding carboxylic acids is 1. The summed E-state index contributed by atoms with van der Waals surface area (Å²) in [4.78, 5) is 12.6. The molecular weight excluding hydrogens is 358 g/mol. The first-order valence-electron chi connectivity index (χ1n) is 9.56. The average Bonchev–Trinajstić information content (AvgIpc) is 2.96. The zero-order valence-corrected chi connectivity index (χ0v) is 17.5. The van der Waals surface area contributed by atoms with Gasteiger partial charge in [-0.25, -0.2) is 0 Å². The molecule has 146 valence electrons. The predicted molar refractivity (Wildman–Crippen MR) is 118 cm³/mol. The van der Waals surface area contributed by atoms with Crippen molar-refractivity contribution in [1.29, 1.82) is 5.26 Å². The molecule has 2 aromatic carbocycles. The standard InChI is InChI=1S/C25H25N3O/c1-16-6-10-24(11-7-16)28-19(4)13-21(20(28)5)14-22(15-26)25(29)27-23-9-8-17(2)18(3)12-23/h6-14H,1-5H3,(H,27,29)/b22-14-. The Hall–Kier alpha value is -3.58. The van der Waals surface area contributed by atoms with E-state index < -0.39 is 5.91 Å². The number of aryl methyl sites for hydroxylation is 4. The van der Waals surface area contributed by atoms with E-state index in [-0.39, 0.29) is 5.57 Å². The van der Waals surface area contributed by atoms with Gasteiger partial charge in [0.25, 0.3) is 5.91 Å². The third-order valence-electron chi connectivity index (χ3n) is 5.19. The fourth-order valence-electron chi connectivity index (χ4n) is 3.35. The van der Waals surface area contributed by atoms with Gasteiger partial charge in [0, 0.05) is 22.8 Å². The molecule has 0 aliphatic carbocycles. The minimum Gasteiger partial charge on any atom is -0.321 e.